The summed E-state index contributed by atoms with van der Waals surface area (Å²) in [5.41, 5.74) is 0.346. The molecule has 2 unspecified atom stereocenters. The third-order valence-electron chi connectivity index (χ3n) is 6.98. The molecular weight excluding hydrogens is 517 g/mol. The normalized spacial score (nSPS) is 20.0. The van der Waals surface area contributed by atoms with E-state index in [0.717, 1.165) is 30.5 Å². The summed E-state index contributed by atoms with van der Waals surface area (Å²) in [6, 6.07) is 3.50. The first-order valence-corrected chi connectivity index (χ1v) is 13.0. The van der Waals surface area contributed by atoms with Crippen LogP contribution in [0.4, 0.5) is 14.7 Å². The van der Waals surface area contributed by atoms with Crippen molar-refractivity contribution in [1.29, 1.82) is 0 Å². The first kappa shape index (κ1) is 28.0. The molecule has 41 heavy (non-hydrogen) atoms. The molecule has 192 valence electrons. The second kappa shape index (κ2) is 10.00. The van der Waals surface area contributed by atoms with Gasteiger partial charge in [0.1, 0.15) is 28.9 Å². The Labute approximate surface area is 243 Å². The maximum Gasteiger partial charge on any atom is 0.228 e. The van der Waals surface area contributed by atoms with Crippen LogP contribution >= 0.6 is 0 Å². The summed E-state index contributed by atoms with van der Waals surface area (Å²) in [4.78, 5) is 20.0. The molecule has 0 N–H and O–H groups in total. The van der Waals surface area contributed by atoms with Crippen molar-refractivity contribution in [2.24, 2.45) is 0 Å². The molecule has 2 atom stereocenters. The second-order valence-electron chi connectivity index (χ2n) is 10.8. The number of rotatable bonds is 6. The maximum absolute atomic E-state index is 15.1. The molecule has 16 heteroatoms. The van der Waals surface area contributed by atoms with Gasteiger partial charge in [0.05, 0.1) is 72.0 Å². The third kappa shape index (κ3) is 5.55. The van der Waals surface area contributed by atoms with Gasteiger partial charge in [0.25, 0.3) is 0 Å². The molecule has 3 aromatic heterocycles. The summed E-state index contributed by atoms with van der Waals surface area (Å²) in [5.74, 6) is -1.45. The number of nitrogens with zero attached hydrogens (tertiary/aromatic N) is 7. The number of hydrogen-bond acceptors (Lipinski definition) is 7. The molecule has 1 aliphatic heterocycles. The molecule has 1 saturated carbocycles. The van der Waals surface area contributed by atoms with Gasteiger partial charge in [-0.2, -0.15) is 10.1 Å². The van der Waals surface area contributed by atoms with E-state index in [2.05, 4.69) is 25.0 Å². The quantitative estimate of drug-likeness (QED) is 0.342. The number of hydrogen-bond donors (Lipinski definition) is 0. The monoisotopic (exact) mass is 537 g/mol. The predicted molar refractivity (Wildman–Crippen MR) is 154 cm³/mol. The van der Waals surface area contributed by atoms with E-state index in [9.17, 15) is 4.39 Å². The standard InChI is InChI=1S/C25H19B6F2N7O/c1-11-8-39(10-17(41-11)12-7-34-40(9-12)14-3-4-14)23-36-18(15-5-2-13(32)6-16(15)33)19-22(38-23)37-21(25(29,30)31)20(35-19)24(26,27)28/h2,5-7,9,11,14,17H,3-4,8,10H2,1H3. The number of anilines is 1. The number of aromatic nitrogens is 6. The van der Waals surface area contributed by atoms with Crippen molar-refractivity contribution in [1.82, 2.24) is 29.7 Å². The fraction of sp³-hybridized carbons (Fsp3) is 0.400. The van der Waals surface area contributed by atoms with Crippen LogP contribution in [0.1, 0.15) is 48.9 Å². The van der Waals surface area contributed by atoms with Crippen molar-refractivity contribution < 1.29 is 13.5 Å². The van der Waals surface area contributed by atoms with Gasteiger partial charge in [0.15, 0.2) is 5.65 Å². The zero-order valence-electron chi connectivity index (χ0n) is 22.2. The lowest BCUT2D eigenvalue weighted by Gasteiger charge is -2.36. The van der Waals surface area contributed by atoms with Crippen LogP contribution in [0, 0.1) is 11.6 Å². The van der Waals surface area contributed by atoms with Crippen LogP contribution in [0.15, 0.2) is 30.6 Å². The van der Waals surface area contributed by atoms with E-state index in [0.29, 0.717) is 19.1 Å². The lowest BCUT2D eigenvalue weighted by atomic mass is 9.36. The van der Waals surface area contributed by atoms with Gasteiger partial charge in [0, 0.05) is 41.3 Å². The number of morpholine rings is 1. The molecule has 1 aromatic carbocycles. The van der Waals surface area contributed by atoms with Crippen LogP contribution in [-0.2, 0) is 15.0 Å². The minimum atomic E-state index is -2.07. The lowest BCUT2D eigenvalue weighted by Crippen LogP contribution is -2.43. The highest BCUT2D eigenvalue weighted by atomic mass is 19.1. The molecule has 0 bridgehead atoms. The van der Waals surface area contributed by atoms with Crippen LogP contribution in [0.25, 0.3) is 22.4 Å². The van der Waals surface area contributed by atoms with Crippen LogP contribution < -0.4 is 4.90 Å². The van der Waals surface area contributed by atoms with Gasteiger partial charge in [-0.1, -0.05) is 10.2 Å². The molecule has 1 aliphatic carbocycles. The third-order valence-corrected chi connectivity index (χ3v) is 6.98. The Hall–Kier alpha value is -3.14. The lowest BCUT2D eigenvalue weighted by molar-refractivity contribution is -0.0178. The van der Waals surface area contributed by atoms with Crippen molar-refractivity contribution in [3.8, 4) is 11.3 Å². The highest BCUT2D eigenvalue weighted by Gasteiger charge is 2.33. The Morgan fingerprint density at radius 2 is 1.63 bits per heavy atom. The summed E-state index contributed by atoms with van der Waals surface area (Å²) in [6.45, 7) is 2.70. The molecule has 0 spiro atoms. The van der Waals surface area contributed by atoms with Gasteiger partial charge in [-0.15, -0.1) is 0 Å². The molecule has 0 amide bonds. The van der Waals surface area contributed by atoms with E-state index in [4.69, 9.17) is 51.8 Å². The summed E-state index contributed by atoms with van der Waals surface area (Å²) < 4.78 is 37.1. The SMILES string of the molecule is [B]C([B])([B])c1nc2nc(N3CC(C)OC(c4cnn(C5CC5)c4)C3)nc(-c3ccc(F)cc3F)c2nc1C([B])([B])[B]. The van der Waals surface area contributed by atoms with Crippen LogP contribution in [0.3, 0.4) is 0 Å². The van der Waals surface area contributed by atoms with Crippen molar-refractivity contribution in [3.63, 3.8) is 0 Å². The molecule has 1 saturated heterocycles. The first-order chi connectivity index (χ1) is 19.3. The van der Waals surface area contributed by atoms with Gasteiger partial charge in [0.2, 0.25) is 5.95 Å². The zero-order valence-corrected chi connectivity index (χ0v) is 22.2. The fourth-order valence-corrected chi connectivity index (χ4v) is 4.91. The summed E-state index contributed by atoms with van der Waals surface area (Å²) in [7, 11) is 35.7. The van der Waals surface area contributed by atoms with Crippen molar-refractivity contribution in [2.75, 3.05) is 18.0 Å². The van der Waals surface area contributed by atoms with Gasteiger partial charge < -0.3 is 9.64 Å². The van der Waals surface area contributed by atoms with Crippen molar-refractivity contribution in [3.05, 3.63) is 59.2 Å². The average molecular weight is 536 g/mol. The highest BCUT2D eigenvalue weighted by Crippen LogP contribution is 2.37. The number of fused-ring (bicyclic) bond motifs is 1. The number of halogens is 2. The summed E-state index contributed by atoms with van der Waals surface area (Å²) >= 11 is 0. The van der Waals surface area contributed by atoms with Gasteiger partial charge >= 0.3 is 0 Å². The molecule has 4 heterocycles. The van der Waals surface area contributed by atoms with E-state index in [1.54, 1.807) is 6.20 Å². The van der Waals surface area contributed by atoms with Gasteiger partial charge in [-0.3, -0.25) is 4.68 Å². The largest absolute Gasteiger partial charge is 0.367 e. The van der Waals surface area contributed by atoms with E-state index in [1.807, 2.05) is 22.7 Å². The Kier molecular flexibility index (Phi) is 6.83. The highest BCUT2D eigenvalue weighted by molar-refractivity contribution is 6.61. The number of ether oxygens (including phenoxy) is 1. The van der Waals surface area contributed by atoms with Crippen LogP contribution in [-0.4, -0.2) is 96.0 Å². The molecule has 4 aromatic rings. The number of benzene rings is 1. The molecule has 8 nitrogen and oxygen atoms in total. The Balaban J connectivity index is 1.51. The average Bonchev–Trinajstić information content (AvgIpc) is 3.62. The maximum atomic E-state index is 15.1. The zero-order chi connectivity index (χ0) is 29.3. The smallest absolute Gasteiger partial charge is 0.228 e. The summed E-state index contributed by atoms with van der Waals surface area (Å²) in [6.07, 6.45) is 5.43. The molecule has 2 aliphatic rings. The van der Waals surface area contributed by atoms with Crippen molar-refractivity contribution >= 4 is 64.2 Å². The first-order valence-electron chi connectivity index (χ1n) is 13.0. The second-order valence-corrected chi connectivity index (χ2v) is 10.8. The van der Waals surface area contributed by atoms with E-state index in [1.165, 1.54) is 6.07 Å². The van der Waals surface area contributed by atoms with Gasteiger partial charge in [-0.05, 0) is 31.9 Å². The van der Waals surface area contributed by atoms with Crippen LogP contribution in [0.5, 0.6) is 0 Å². The molecule has 6 rings (SSSR count). The minimum absolute atomic E-state index is 0.000891. The van der Waals surface area contributed by atoms with Gasteiger partial charge in [-0.25, -0.2) is 23.7 Å². The molecular formula is C25H19B6F2N7O. The van der Waals surface area contributed by atoms with E-state index in [-0.39, 0.29) is 52.0 Å². The van der Waals surface area contributed by atoms with Crippen molar-refractivity contribution in [2.45, 2.75) is 48.2 Å². The predicted octanol–water partition coefficient (Wildman–Crippen LogP) is 1.09. The molecule has 2 fully saturated rings. The van der Waals surface area contributed by atoms with Crippen LogP contribution in [0.2, 0.25) is 0 Å². The Morgan fingerprint density at radius 3 is 2.29 bits per heavy atom. The topological polar surface area (TPSA) is 81.9 Å². The summed E-state index contributed by atoms with van der Waals surface area (Å²) in [5, 5.41) is 0.355. The Morgan fingerprint density at radius 1 is 0.927 bits per heavy atom. The van der Waals surface area contributed by atoms with E-state index < -0.39 is 21.9 Å². The van der Waals surface area contributed by atoms with E-state index >= 15 is 4.39 Å². The minimum Gasteiger partial charge on any atom is -0.367 e. The Bertz CT molecular complexity index is 1640. The fourth-order valence-electron chi connectivity index (χ4n) is 4.91. The molecule has 12 radical (unpaired) electrons.